The van der Waals surface area contributed by atoms with Gasteiger partial charge in [-0.15, -0.1) is 0 Å². The lowest BCUT2D eigenvalue weighted by molar-refractivity contribution is -0.121. The Kier molecular flexibility index (Phi) is 5.11. The van der Waals surface area contributed by atoms with Crippen LogP contribution in [0.2, 0.25) is 0 Å². The van der Waals surface area contributed by atoms with Crippen LogP contribution in [0.5, 0.6) is 0 Å². The van der Waals surface area contributed by atoms with Gasteiger partial charge in [-0.2, -0.15) is 0 Å². The molecule has 0 aliphatic carbocycles. The number of nitrogens with one attached hydrogen (secondary N) is 1. The molecule has 5 nitrogen and oxygen atoms in total. The summed E-state index contributed by atoms with van der Waals surface area (Å²) in [5, 5.41) is 3.84. The van der Waals surface area contributed by atoms with Crippen LogP contribution in [0.15, 0.2) is 36.5 Å². The number of benzene rings is 1. The van der Waals surface area contributed by atoms with E-state index in [9.17, 15) is 9.59 Å². The van der Waals surface area contributed by atoms with Gasteiger partial charge in [-0.25, -0.2) is 0 Å². The zero-order chi connectivity index (χ0) is 15.2. The Labute approximate surface area is 124 Å². The lowest BCUT2D eigenvalue weighted by Crippen LogP contribution is -2.31. The van der Waals surface area contributed by atoms with E-state index in [1.54, 1.807) is 10.8 Å². The Morgan fingerprint density at radius 1 is 1.14 bits per heavy atom. The maximum atomic E-state index is 12.2. The Balaban J connectivity index is 1.86. The van der Waals surface area contributed by atoms with Crippen molar-refractivity contribution in [3.8, 4) is 0 Å². The molecule has 5 heteroatoms. The van der Waals surface area contributed by atoms with Crippen LogP contribution in [0.25, 0.3) is 10.9 Å². The summed E-state index contributed by atoms with van der Waals surface area (Å²) in [5.74, 6) is -0.138. The van der Waals surface area contributed by atoms with Gasteiger partial charge in [0, 0.05) is 37.5 Å². The van der Waals surface area contributed by atoms with Crippen LogP contribution >= 0.6 is 0 Å². The smallest absolute Gasteiger partial charge is 0.231 e. The van der Waals surface area contributed by atoms with Crippen molar-refractivity contribution in [2.75, 3.05) is 27.2 Å². The van der Waals surface area contributed by atoms with E-state index < -0.39 is 0 Å². The highest BCUT2D eigenvalue weighted by atomic mass is 16.2. The SMILES string of the molecule is CN(C)CCNC(=O)CCC(=O)n1ccc2ccccc21. The van der Waals surface area contributed by atoms with E-state index in [0.717, 1.165) is 17.4 Å². The summed E-state index contributed by atoms with van der Waals surface area (Å²) in [4.78, 5) is 25.8. The van der Waals surface area contributed by atoms with Crippen LogP contribution in [0.4, 0.5) is 0 Å². The van der Waals surface area contributed by atoms with E-state index in [1.807, 2.05) is 49.3 Å². The second kappa shape index (κ2) is 7.04. The van der Waals surface area contributed by atoms with Crippen molar-refractivity contribution in [3.63, 3.8) is 0 Å². The first-order valence-corrected chi connectivity index (χ1v) is 7.08. The molecular weight excluding hydrogens is 266 g/mol. The third-order valence-corrected chi connectivity index (χ3v) is 3.32. The van der Waals surface area contributed by atoms with Crippen molar-refractivity contribution in [1.82, 2.24) is 14.8 Å². The molecule has 0 fully saturated rings. The highest BCUT2D eigenvalue weighted by Crippen LogP contribution is 2.15. The molecule has 21 heavy (non-hydrogen) atoms. The molecule has 112 valence electrons. The van der Waals surface area contributed by atoms with E-state index >= 15 is 0 Å². The number of carbonyl (C=O) groups excluding carboxylic acids is 2. The number of rotatable bonds is 6. The molecule has 0 saturated heterocycles. The van der Waals surface area contributed by atoms with Crippen molar-refractivity contribution in [2.45, 2.75) is 12.8 Å². The number of amides is 1. The van der Waals surface area contributed by atoms with Gasteiger partial charge in [0.05, 0.1) is 5.52 Å². The molecule has 0 spiro atoms. The summed E-state index contributed by atoms with van der Waals surface area (Å²) >= 11 is 0. The van der Waals surface area contributed by atoms with Crippen molar-refractivity contribution < 1.29 is 9.59 Å². The first kappa shape index (κ1) is 15.3. The van der Waals surface area contributed by atoms with Gasteiger partial charge >= 0.3 is 0 Å². The fourth-order valence-electron chi connectivity index (χ4n) is 2.15. The minimum absolute atomic E-state index is 0.0565. The first-order valence-electron chi connectivity index (χ1n) is 7.08. The lowest BCUT2D eigenvalue weighted by Gasteiger charge is -2.10. The predicted molar refractivity (Wildman–Crippen MR) is 83.4 cm³/mol. The van der Waals surface area contributed by atoms with Gasteiger partial charge in [0.25, 0.3) is 0 Å². The van der Waals surface area contributed by atoms with Crippen LogP contribution in [0, 0.1) is 0 Å². The molecule has 0 radical (unpaired) electrons. The molecule has 0 aliphatic rings. The molecule has 0 saturated carbocycles. The summed E-state index contributed by atoms with van der Waals surface area (Å²) < 4.78 is 1.61. The zero-order valence-electron chi connectivity index (χ0n) is 12.5. The van der Waals surface area contributed by atoms with E-state index in [4.69, 9.17) is 0 Å². The zero-order valence-corrected chi connectivity index (χ0v) is 12.5. The summed E-state index contributed by atoms with van der Waals surface area (Å²) in [6.45, 7) is 1.40. The fraction of sp³-hybridized carbons (Fsp3) is 0.375. The van der Waals surface area contributed by atoms with Crippen LogP contribution < -0.4 is 5.32 Å². The largest absolute Gasteiger partial charge is 0.355 e. The van der Waals surface area contributed by atoms with E-state index in [0.29, 0.717) is 6.54 Å². The normalized spacial score (nSPS) is 11.0. The molecule has 2 aromatic rings. The average Bonchev–Trinajstić information content (AvgIpc) is 2.88. The van der Waals surface area contributed by atoms with Crippen LogP contribution in [0.3, 0.4) is 0 Å². The minimum atomic E-state index is -0.0818. The fourth-order valence-corrected chi connectivity index (χ4v) is 2.15. The summed E-state index contributed by atoms with van der Waals surface area (Å²) in [6, 6.07) is 9.62. The highest BCUT2D eigenvalue weighted by molar-refractivity contribution is 5.93. The average molecular weight is 287 g/mol. The van der Waals surface area contributed by atoms with Gasteiger partial charge in [0.2, 0.25) is 11.8 Å². The molecule has 2 rings (SSSR count). The van der Waals surface area contributed by atoms with Crippen LogP contribution in [-0.2, 0) is 4.79 Å². The third-order valence-electron chi connectivity index (χ3n) is 3.32. The maximum absolute atomic E-state index is 12.2. The quantitative estimate of drug-likeness (QED) is 0.880. The number of hydrogen-bond donors (Lipinski definition) is 1. The second-order valence-corrected chi connectivity index (χ2v) is 5.29. The molecule has 1 amide bonds. The number of aromatic nitrogens is 1. The van der Waals surface area contributed by atoms with Gasteiger partial charge in [0.1, 0.15) is 0 Å². The number of fused-ring (bicyclic) bond motifs is 1. The third kappa shape index (κ3) is 4.16. The monoisotopic (exact) mass is 287 g/mol. The minimum Gasteiger partial charge on any atom is -0.355 e. The molecule has 0 aliphatic heterocycles. The number of carbonyl (C=O) groups is 2. The van der Waals surface area contributed by atoms with E-state index in [-0.39, 0.29) is 24.7 Å². The van der Waals surface area contributed by atoms with Gasteiger partial charge in [-0.1, -0.05) is 18.2 Å². The molecule has 1 N–H and O–H groups in total. The van der Waals surface area contributed by atoms with Crippen molar-refractivity contribution >= 4 is 22.7 Å². The first-order chi connectivity index (χ1) is 10.1. The molecule has 0 unspecified atom stereocenters. The van der Waals surface area contributed by atoms with Crippen molar-refractivity contribution in [1.29, 1.82) is 0 Å². The van der Waals surface area contributed by atoms with E-state index in [2.05, 4.69) is 5.32 Å². The Bertz CT molecular complexity index is 631. The van der Waals surface area contributed by atoms with Gasteiger partial charge in [0.15, 0.2) is 0 Å². The predicted octanol–water partition coefficient (Wildman–Crippen LogP) is 1.74. The lowest BCUT2D eigenvalue weighted by atomic mass is 10.2. The van der Waals surface area contributed by atoms with Crippen LogP contribution in [-0.4, -0.2) is 48.5 Å². The Morgan fingerprint density at radius 3 is 2.67 bits per heavy atom. The number of likely N-dealkylation sites (N-methyl/N-ethyl adjacent to an activating group) is 1. The van der Waals surface area contributed by atoms with E-state index in [1.165, 1.54) is 0 Å². The van der Waals surface area contributed by atoms with Crippen molar-refractivity contribution in [2.24, 2.45) is 0 Å². The molecule has 1 aromatic heterocycles. The molecular formula is C16H21N3O2. The maximum Gasteiger partial charge on any atom is 0.231 e. The topological polar surface area (TPSA) is 54.3 Å². The highest BCUT2D eigenvalue weighted by Gasteiger charge is 2.10. The standard InChI is InChI=1S/C16H21N3O2/c1-18(2)12-10-17-15(20)7-8-16(21)19-11-9-13-5-3-4-6-14(13)19/h3-6,9,11H,7-8,10,12H2,1-2H3,(H,17,20). The summed E-state index contributed by atoms with van der Waals surface area (Å²) in [7, 11) is 3.90. The van der Waals surface area contributed by atoms with Crippen molar-refractivity contribution in [3.05, 3.63) is 36.5 Å². The van der Waals surface area contributed by atoms with Gasteiger partial charge in [-0.05, 0) is 26.2 Å². The molecule has 0 bridgehead atoms. The summed E-state index contributed by atoms with van der Waals surface area (Å²) in [5.41, 5.74) is 0.885. The molecule has 0 atom stereocenters. The Hall–Kier alpha value is -2.14. The number of nitrogens with zero attached hydrogens (tertiary/aromatic N) is 2. The number of para-hydroxylation sites is 1. The number of hydrogen-bond acceptors (Lipinski definition) is 3. The van der Waals surface area contributed by atoms with Gasteiger partial charge < -0.3 is 10.2 Å². The Morgan fingerprint density at radius 2 is 1.90 bits per heavy atom. The molecule has 1 heterocycles. The second-order valence-electron chi connectivity index (χ2n) is 5.29. The van der Waals surface area contributed by atoms with Crippen LogP contribution in [0.1, 0.15) is 17.6 Å². The summed E-state index contributed by atoms with van der Waals surface area (Å²) in [6.07, 6.45) is 2.20. The van der Waals surface area contributed by atoms with Gasteiger partial charge in [-0.3, -0.25) is 14.2 Å². The molecule has 1 aromatic carbocycles.